The van der Waals surface area contributed by atoms with E-state index in [-0.39, 0.29) is 17.7 Å². The van der Waals surface area contributed by atoms with E-state index in [2.05, 4.69) is 13.8 Å². The van der Waals surface area contributed by atoms with E-state index < -0.39 is 0 Å². The van der Waals surface area contributed by atoms with Crippen LogP contribution in [-0.2, 0) is 9.59 Å². The molecule has 0 bridgehead atoms. The Labute approximate surface area is 100 Å². The predicted molar refractivity (Wildman–Crippen MR) is 68.4 cm³/mol. The van der Waals surface area contributed by atoms with Crippen LogP contribution in [0, 0.1) is 0 Å². The van der Waals surface area contributed by atoms with E-state index >= 15 is 0 Å². The second-order valence-electron chi connectivity index (χ2n) is 3.69. The Morgan fingerprint density at radius 1 is 1.19 bits per heavy atom. The van der Waals surface area contributed by atoms with Crippen molar-refractivity contribution in [2.45, 2.75) is 66.8 Å². The predicted octanol–water partition coefficient (Wildman–Crippen LogP) is 3.03. The van der Waals surface area contributed by atoms with Crippen molar-refractivity contribution < 1.29 is 9.59 Å². The number of hydrogen-bond donors (Lipinski definition) is 0. The Bertz CT molecular complexity index is 182. The molecule has 3 nitrogen and oxygen atoms in total. The highest BCUT2D eigenvalue weighted by molar-refractivity contribution is 5.87. The zero-order valence-electron chi connectivity index (χ0n) is 11.7. The van der Waals surface area contributed by atoms with E-state index in [9.17, 15) is 9.59 Å². The lowest BCUT2D eigenvalue weighted by Crippen LogP contribution is -2.37. The standard InChI is InChI=1S/C8H13NO2.C3H8.C2H6/c1-6(10)8-4-3-5-9(8)7(2)11;1-3-2;1-2/h8H,3-5H2,1-2H3;3H2,1-2H3;1-2H3. The van der Waals surface area contributed by atoms with Crippen LogP contribution < -0.4 is 0 Å². The van der Waals surface area contributed by atoms with Crippen LogP contribution in [0.5, 0.6) is 0 Å². The van der Waals surface area contributed by atoms with Gasteiger partial charge in [0.2, 0.25) is 5.91 Å². The smallest absolute Gasteiger partial charge is 0.220 e. The third-order valence-electron chi connectivity index (χ3n) is 2.13. The highest BCUT2D eigenvalue weighted by Gasteiger charge is 2.29. The highest BCUT2D eigenvalue weighted by Crippen LogP contribution is 2.17. The van der Waals surface area contributed by atoms with Crippen molar-refractivity contribution in [3.63, 3.8) is 0 Å². The van der Waals surface area contributed by atoms with Crippen molar-refractivity contribution in [1.29, 1.82) is 0 Å². The molecule has 3 heteroatoms. The van der Waals surface area contributed by atoms with Gasteiger partial charge in [0, 0.05) is 13.5 Å². The Morgan fingerprint density at radius 3 is 1.88 bits per heavy atom. The maximum atomic E-state index is 11.0. The Kier molecular flexibility index (Phi) is 11.7. The summed E-state index contributed by atoms with van der Waals surface area (Å²) >= 11 is 0. The van der Waals surface area contributed by atoms with Gasteiger partial charge in [0.1, 0.15) is 0 Å². The van der Waals surface area contributed by atoms with Gasteiger partial charge in [-0.1, -0.05) is 34.1 Å². The monoisotopic (exact) mass is 229 g/mol. The number of nitrogens with zero attached hydrogens (tertiary/aromatic N) is 1. The van der Waals surface area contributed by atoms with Crippen LogP contribution in [0.1, 0.15) is 60.8 Å². The molecule has 1 saturated heterocycles. The summed E-state index contributed by atoms with van der Waals surface area (Å²) < 4.78 is 0. The normalized spacial score (nSPS) is 17.9. The fourth-order valence-corrected chi connectivity index (χ4v) is 1.57. The van der Waals surface area contributed by atoms with Crippen molar-refractivity contribution in [2.75, 3.05) is 6.54 Å². The molecule has 1 unspecified atom stereocenters. The van der Waals surface area contributed by atoms with Crippen molar-refractivity contribution in [2.24, 2.45) is 0 Å². The molecule has 1 aliphatic rings. The van der Waals surface area contributed by atoms with Crippen LogP contribution in [0.3, 0.4) is 0 Å². The lowest BCUT2D eigenvalue weighted by atomic mass is 10.1. The summed E-state index contributed by atoms with van der Waals surface area (Å²) in [7, 11) is 0. The van der Waals surface area contributed by atoms with Gasteiger partial charge in [0.05, 0.1) is 6.04 Å². The molecule has 0 saturated carbocycles. The van der Waals surface area contributed by atoms with Crippen molar-refractivity contribution in [3.8, 4) is 0 Å². The van der Waals surface area contributed by atoms with Crippen LogP contribution in [0.15, 0.2) is 0 Å². The van der Waals surface area contributed by atoms with E-state index in [0.717, 1.165) is 19.4 Å². The summed E-state index contributed by atoms with van der Waals surface area (Å²) in [4.78, 5) is 23.6. The van der Waals surface area contributed by atoms with Gasteiger partial charge < -0.3 is 4.90 Å². The lowest BCUT2D eigenvalue weighted by molar-refractivity contribution is -0.135. The van der Waals surface area contributed by atoms with E-state index in [1.165, 1.54) is 13.3 Å². The average Bonchev–Trinajstić information content (AvgIpc) is 2.70. The Morgan fingerprint density at radius 2 is 1.62 bits per heavy atom. The molecule has 1 heterocycles. The first kappa shape index (κ1) is 17.5. The molecule has 16 heavy (non-hydrogen) atoms. The second kappa shape index (κ2) is 10.7. The summed E-state index contributed by atoms with van der Waals surface area (Å²) in [6, 6.07) is -0.132. The number of Topliss-reactive ketones (excluding diaryl/α,β-unsaturated/α-hetero) is 1. The fourth-order valence-electron chi connectivity index (χ4n) is 1.57. The average molecular weight is 229 g/mol. The van der Waals surface area contributed by atoms with Crippen molar-refractivity contribution in [3.05, 3.63) is 0 Å². The molecule has 0 spiro atoms. The minimum absolute atomic E-state index is 0.0164. The van der Waals surface area contributed by atoms with Crippen LogP contribution in [0.4, 0.5) is 0 Å². The number of likely N-dealkylation sites (tertiary alicyclic amines) is 1. The maximum Gasteiger partial charge on any atom is 0.220 e. The topological polar surface area (TPSA) is 37.4 Å². The lowest BCUT2D eigenvalue weighted by Gasteiger charge is -2.20. The van der Waals surface area contributed by atoms with Crippen LogP contribution in [0.25, 0.3) is 0 Å². The zero-order chi connectivity index (χ0) is 13.1. The van der Waals surface area contributed by atoms with Gasteiger partial charge in [0.15, 0.2) is 5.78 Å². The summed E-state index contributed by atoms with van der Waals surface area (Å²) in [5.74, 6) is 0.125. The number of ketones is 1. The third kappa shape index (κ3) is 6.59. The summed E-state index contributed by atoms with van der Waals surface area (Å²) in [6.07, 6.45) is 3.05. The van der Waals surface area contributed by atoms with Gasteiger partial charge in [0.25, 0.3) is 0 Å². The molecule has 0 aromatic carbocycles. The van der Waals surface area contributed by atoms with Gasteiger partial charge in [-0.3, -0.25) is 9.59 Å². The maximum absolute atomic E-state index is 11.0. The van der Waals surface area contributed by atoms with Gasteiger partial charge in [-0.15, -0.1) is 0 Å². The zero-order valence-corrected chi connectivity index (χ0v) is 11.7. The minimum atomic E-state index is -0.132. The quantitative estimate of drug-likeness (QED) is 0.693. The summed E-state index contributed by atoms with van der Waals surface area (Å²) in [5.41, 5.74) is 0. The molecular weight excluding hydrogens is 202 g/mol. The van der Waals surface area contributed by atoms with Gasteiger partial charge >= 0.3 is 0 Å². The van der Waals surface area contributed by atoms with E-state index in [0.29, 0.717) is 0 Å². The van der Waals surface area contributed by atoms with E-state index in [1.54, 1.807) is 11.8 Å². The van der Waals surface area contributed by atoms with Gasteiger partial charge in [-0.2, -0.15) is 0 Å². The first-order chi connectivity index (χ1) is 7.54. The van der Waals surface area contributed by atoms with Gasteiger partial charge in [-0.05, 0) is 19.8 Å². The SMILES string of the molecule is CC.CC(=O)C1CCCN1C(C)=O.CCC. The summed E-state index contributed by atoms with van der Waals surface area (Å²) in [6.45, 7) is 12.1. The fraction of sp³-hybridized carbons (Fsp3) is 0.846. The third-order valence-corrected chi connectivity index (χ3v) is 2.13. The van der Waals surface area contributed by atoms with Crippen LogP contribution in [-0.4, -0.2) is 29.2 Å². The van der Waals surface area contributed by atoms with E-state index in [4.69, 9.17) is 0 Å². The number of carbonyl (C=O) groups excluding carboxylic acids is 2. The first-order valence-electron chi connectivity index (χ1n) is 6.32. The molecule has 1 aliphatic heterocycles. The largest absolute Gasteiger partial charge is 0.333 e. The molecule has 0 aromatic heterocycles. The molecule has 1 rings (SSSR count). The Hall–Kier alpha value is -0.860. The number of rotatable bonds is 1. The van der Waals surface area contributed by atoms with Crippen molar-refractivity contribution in [1.82, 2.24) is 4.90 Å². The Balaban J connectivity index is 0. The van der Waals surface area contributed by atoms with Crippen LogP contribution in [0.2, 0.25) is 0 Å². The first-order valence-corrected chi connectivity index (χ1v) is 6.32. The van der Waals surface area contributed by atoms with Crippen LogP contribution >= 0.6 is 0 Å². The van der Waals surface area contributed by atoms with Gasteiger partial charge in [-0.25, -0.2) is 0 Å². The van der Waals surface area contributed by atoms with E-state index in [1.807, 2.05) is 13.8 Å². The molecule has 0 N–H and O–H groups in total. The molecule has 1 amide bonds. The summed E-state index contributed by atoms with van der Waals surface area (Å²) in [5, 5.41) is 0. The highest BCUT2D eigenvalue weighted by atomic mass is 16.2. The molecular formula is C13H27NO2. The molecule has 1 atom stereocenters. The number of amides is 1. The molecule has 0 radical (unpaired) electrons. The minimum Gasteiger partial charge on any atom is -0.333 e. The molecule has 96 valence electrons. The molecule has 0 aromatic rings. The molecule has 0 aliphatic carbocycles. The second-order valence-corrected chi connectivity index (χ2v) is 3.69. The van der Waals surface area contributed by atoms with Crippen molar-refractivity contribution >= 4 is 11.7 Å². The molecule has 1 fully saturated rings. The number of carbonyl (C=O) groups is 2. The number of hydrogen-bond acceptors (Lipinski definition) is 2.